The first kappa shape index (κ1) is 25.0. The summed E-state index contributed by atoms with van der Waals surface area (Å²) in [6.07, 6.45) is 0. The van der Waals surface area contributed by atoms with Crippen molar-refractivity contribution in [3.05, 3.63) is 130 Å². The van der Waals surface area contributed by atoms with E-state index in [9.17, 15) is 4.79 Å². The molecule has 0 atom stereocenters. The predicted molar refractivity (Wildman–Crippen MR) is 152 cm³/mol. The lowest BCUT2D eigenvalue weighted by molar-refractivity contribution is 0.415. The lowest BCUT2D eigenvalue weighted by atomic mass is 9.97. The molecule has 190 valence electrons. The molecule has 0 radical (unpaired) electrons. The van der Waals surface area contributed by atoms with Gasteiger partial charge in [-0.3, -0.25) is 9.36 Å². The molecule has 0 bridgehead atoms. The van der Waals surface area contributed by atoms with Crippen molar-refractivity contribution in [1.29, 1.82) is 0 Å². The fraction of sp³-hybridized carbons (Fsp3) is 0.152. The zero-order chi connectivity index (χ0) is 26.6. The van der Waals surface area contributed by atoms with Gasteiger partial charge in [-0.1, -0.05) is 60.7 Å². The topological polar surface area (TPSA) is 53.4 Å². The van der Waals surface area contributed by atoms with Crippen molar-refractivity contribution in [3.63, 3.8) is 0 Å². The standard InChI is InChI=1S/C33H30N2O3/c1-22-15-20-29(23(2)31(22)38-28-13-9-6-10-14-28)30-24(3)34-32(26-16-18-27(37-4)19-17-26)35(33(30)36)21-25-11-7-5-8-12-25/h5-20H,21H2,1-4H3. The first-order chi connectivity index (χ1) is 18.5. The Morgan fingerprint density at radius 2 is 1.42 bits per heavy atom. The maximum absolute atomic E-state index is 14.3. The molecule has 0 amide bonds. The minimum Gasteiger partial charge on any atom is -0.497 e. The van der Waals surface area contributed by atoms with Crippen LogP contribution < -0.4 is 15.0 Å². The zero-order valence-electron chi connectivity index (χ0n) is 22.1. The normalized spacial score (nSPS) is 10.8. The zero-order valence-corrected chi connectivity index (χ0v) is 22.1. The molecule has 0 saturated heterocycles. The van der Waals surface area contributed by atoms with Crippen LogP contribution in [0.2, 0.25) is 0 Å². The highest BCUT2D eigenvalue weighted by Crippen LogP contribution is 2.36. The quantitative estimate of drug-likeness (QED) is 0.233. The van der Waals surface area contributed by atoms with E-state index in [0.29, 0.717) is 23.6 Å². The number of hydrogen-bond donors (Lipinski definition) is 0. The van der Waals surface area contributed by atoms with Crippen LogP contribution in [0, 0.1) is 20.8 Å². The molecule has 5 nitrogen and oxygen atoms in total. The monoisotopic (exact) mass is 502 g/mol. The Morgan fingerprint density at radius 3 is 2.08 bits per heavy atom. The maximum atomic E-state index is 14.3. The molecular formula is C33H30N2O3. The molecule has 1 heterocycles. The number of rotatable bonds is 7. The molecular weight excluding hydrogens is 472 g/mol. The van der Waals surface area contributed by atoms with Gasteiger partial charge in [0.15, 0.2) is 0 Å². The largest absolute Gasteiger partial charge is 0.497 e. The average molecular weight is 503 g/mol. The van der Waals surface area contributed by atoms with Crippen molar-refractivity contribution >= 4 is 0 Å². The Kier molecular flexibility index (Phi) is 7.09. The van der Waals surface area contributed by atoms with Crippen molar-refractivity contribution in [3.8, 4) is 39.8 Å². The van der Waals surface area contributed by atoms with Gasteiger partial charge in [-0.2, -0.15) is 0 Å². The Bertz CT molecular complexity index is 1620. The highest BCUT2D eigenvalue weighted by molar-refractivity contribution is 5.73. The van der Waals surface area contributed by atoms with Gasteiger partial charge in [-0.25, -0.2) is 4.98 Å². The van der Waals surface area contributed by atoms with Crippen molar-refractivity contribution < 1.29 is 9.47 Å². The summed E-state index contributed by atoms with van der Waals surface area (Å²) in [7, 11) is 1.64. The first-order valence-electron chi connectivity index (χ1n) is 12.6. The fourth-order valence-electron chi connectivity index (χ4n) is 4.71. The van der Waals surface area contributed by atoms with Crippen LogP contribution in [0.3, 0.4) is 0 Å². The molecule has 5 rings (SSSR count). The fourth-order valence-corrected chi connectivity index (χ4v) is 4.71. The first-order valence-corrected chi connectivity index (χ1v) is 12.6. The minimum absolute atomic E-state index is 0.0928. The molecule has 0 fully saturated rings. The molecule has 0 saturated carbocycles. The van der Waals surface area contributed by atoms with E-state index in [-0.39, 0.29) is 5.56 Å². The molecule has 0 aliphatic heterocycles. The van der Waals surface area contributed by atoms with E-state index in [1.54, 1.807) is 11.7 Å². The van der Waals surface area contributed by atoms with Gasteiger partial charge < -0.3 is 9.47 Å². The van der Waals surface area contributed by atoms with Gasteiger partial charge in [-0.05, 0) is 73.9 Å². The predicted octanol–water partition coefficient (Wildman–Crippen LogP) is 7.35. The number of benzene rings is 4. The molecule has 1 aromatic heterocycles. The van der Waals surface area contributed by atoms with Gasteiger partial charge in [0, 0.05) is 11.1 Å². The lowest BCUT2D eigenvalue weighted by Gasteiger charge is -2.19. The summed E-state index contributed by atoms with van der Waals surface area (Å²) in [5.74, 6) is 2.87. The van der Waals surface area contributed by atoms with E-state index in [1.807, 2.05) is 118 Å². The Balaban J connectivity index is 1.69. The van der Waals surface area contributed by atoms with Gasteiger partial charge in [-0.15, -0.1) is 0 Å². The number of ether oxygens (including phenoxy) is 2. The van der Waals surface area contributed by atoms with Crippen LogP contribution in [-0.2, 0) is 6.54 Å². The highest BCUT2D eigenvalue weighted by Gasteiger charge is 2.21. The SMILES string of the molecule is COc1ccc(-c2nc(C)c(-c3ccc(C)c(Oc4ccccc4)c3C)c(=O)n2Cc2ccccc2)cc1. The van der Waals surface area contributed by atoms with Crippen molar-refractivity contribution in [2.75, 3.05) is 7.11 Å². The van der Waals surface area contributed by atoms with Gasteiger partial charge in [0.25, 0.3) is 5.56 Å². The number of nitrogens with zero attached hydrogens (tertiary/aromatic N) is 2. The van der Waals surface area contributed by atoms with Crippen LogP contribution in [0.5, 0.6) is 17.2 Å². The molecule has 0 N–H and O–H groups in total. The van der Waals surface area contributed by atoms with Gasteiger partial charge in [0.05, 0.1) is 24.9 Å². The lowest BCUT2D eigenvalue weighted by Crippen LogP contribution is -2.27. The van der Waals surface area contributed by atoms with Crippen LogP contribution in [0.4, 0.5) is 0 Å². The average Bonchev–Trinajstić information content (AvgIpc) is 2.95. The number of aryl methyl sites for hydroxylation is 2. The summed E-state index contributed by atoms with van der Waals surface area (Å²) >= 11 is 0. The van der Waals surface area contributed by atoms with Crippen LogP contribution in [0.1, 0.15) is 22.4 Å². The second kappa shape index (κ2) is 10.8. The van der Waals surface area contributed by atoms with Gasteiger partial charge in [0.1, 0.15) is 23.1 Å². The number of para-hydroxylation sites is 1. The molecule has 5 heteroatoms. The van der Waals surface area contributed by atoms with E-state index in [2.05, 4.69) is 0 Å². The van der Waals surface area contributed by atoms with E-state index < -0.39 is 0 Å². The third-order valence-corrected chi connectivity index (χ3v) is 6.72. The maximum Gasteiger partial charge on any atom is 0.262 e. The third-order valence-electron chi connectivity index (χ3n) is 6.72. The van der Waals surface area contributed by atoms with E-state index in [1.165, 1.54) is 0 Å². The summed E-state index contributed by atoms with van der Waals surface area (Å²) in [5, 5.41) is 0. The van der Waals surface area contributed by atoms with E-state index in [4.69, 9.17) is 14.5 Å². The Hall–Kier alpha value is -4.64. The second-order valence-electron chi connectivity index (χ2n) is 9.30. The molecule has 38 heavy (non-hydrogen) atoms. The summed E-state index contributed by atoms with van der Waals surface area (Å²) in [5.41, 5.74) is 5.75. The molecule has 5 aromatic rings. The Labute approximate surface area is 223 Å². The summed E-state index contributed by atoms with van der Waals surface area (Å²) in [6, 6.07) is 31.3. The molecule has 0 aliphatic rings. The second-order valence-corrected chi connectivity index (χ2v) is 9.30. The smallest absolute Gasteiger partial charge is 0.262 e. The third kappa shape index (κ3) is 4.96. The number of aromatic nitrogens is 2. The highest BCUT2D eigenvalue weighted by atomic mass is 16.5. The van der Waals surface area contributed by atoms with Crippen molar-refractivity contribution in [2.24, 2.45) is 0 Å². The molecule has 0 unspecified atom stereocenters. The van der Waals surface area contributed by atoms with Gasteiger partial charge in [0.2, 0.25) is 0 Å². The summed E-state index contributed by atoms with van der Waals surface area (Å²) in [4.78, 5) is 19.3. The molecule has 0 aliphatic carbocycles. The van der Waals surface area contributed by atoms with E-state index in [0.717, 1.165) is 45.1 Å². The minimum atomic E-state index is -0.0928. The van der Waals surface area contributed by atoms with Crippen molar-refractivity contribution in [1.82, 2.24) is 9.55 Å². The van der Waals surface area contributed by atoms with Crippen LogP contribution >= 0.6 is 0 Å². The molecule has 0 spiro atoms. The van der Waals surface area contributed by atoms with E-state index >= 15 is 0 Å². The van der Waals surface area contributed by atoms with Crippen LogP contribution in [0.25, 0.3) is 22.5 Å². The van der Waals surface area contributed by atoms with Crippen molar-refractivity contribution in [2.45, 2.75) is 27.3 Å². The number of hydrogen-bond acceptors (Lipinski definition) is 4. The number of methoxy groups -OCH3 is 1. The summed E-state index contributed by atoms with van der Waals surface area (Å²) in [6.45, 7) is 6.31. The van der Waals surface area contributed by atoms with Gasteiger partial charge >= 0.3 is 0 Å². The van der Waals surface area contributed by atoms with Crippen LogP contribution in [0.15, 0.2) is 102 Å². The van der Waals surface area contributed by atoms with Crippen LogP contribution in [-0.4, -0.2) is 16.7 Å². The Morgan fingerprint density at radius 1 is 0.763 bits per heavy atom. The summed E-state index contributed by atoms with van der Waals surface area (Å²) < 4.78 is 13.4. The molecule has 4 aromatic carbocycles.